The Morgan fingerprint density at radius 2 is 2.29 bits per heavy atom. The van der Waals surface area contributed by atoms with Crippen LogP contribution in [0.4, 0.5) is 4.39 Å². The van der Waals surface area contributed by atoms with Crippen molar-refractivity contribution in [2.75, 3.05) is 19.6 Å². The Kier molecular flexibility index (Phi) is 3.43. The van der Waals surface area contributed by atoms with Crippen molar-refractivity contribution in [3.8, 4) is 0 Å². The van der Waals surface area contributed by atoms with Gasteiger partial charge >= 0.3 is 0 Å². The molecule has 1 aromatic carbocycles. The van der Waals surface area contributed by atoms with E-state index >= 15 is 0 Å². The maximum Gasteiger partial charge on any atom is 0.254 e. The average molecular weight is 236 g/mol. The summed E-state index contributed by atoms with van der Waals surface area (Å²) in [5.41, 5.74) is 0.997. The molecule has 0 aliphatic carbocycles. The molecule has 1 N–H and O–H groups in total. The summed E-state index contributed by atoms with van der Waals surface area (Å²) in [6, 6.07) is 4.82. The SMILES string of the molecule is Cc1ccc(C(=O)N2CCNCC2C)cc1F. The molecule has 1 aliphatic rings. The van der Waals surface area contributed by atoms with Gasteiger partial charge in [0, 0.05) is 31.2 Å². The number of halogens is 1. The number of aryl methyl sites for hydroxylation is 1. The molecule has 0 radical (unpaired) electrons. The van der Waals surface area contributed by atoms with Gasteiger partial charge in [-0.2, -0.15) is 0 Å². The Morgan fingerprint density at radius 3 is 2.94 bits per heavy atom. The topological polar surface area (TPSA) is 32.3 Å². The van der Waals surface area contributed by atoms with Crippen molar-refractivity contribution in [2.24, 2.45) is 0 Å². The molecule has 4 heteroatoms. The molecule has 1 unspecified atom stereocenters. The number of carbonyl (C=O) groups is 1. The molecule has 1 saturated heterocycles. The third kappa shape index (κ3) is 2.47. The molecule has 3 nitrogen and oxygen atoms in total. The lowest BCUT2D eigenvalue weighted by Gasteiger charge is -2.34. The number of carbonyl (C=O) groups excluding carboxylic acids is 1. The van der Waals surface area contributed by atoms with Crippen LogP contribution in [-0.4, -0.2) is 36.5 Å². The van der Waals surface area contributed by atoms with Crippen LogP contribution in [0.5, 0.6) is 0 Å². The van der Waals surface area contributed by atoms with Crippen molar-refractivity contribution in [3.05, 3.63) is 35.1 Å². The monoisotopic (exact) mass is 236 g/mol. The van der Waals surface area contributed by atoms with E-state index < -0.39 is 0 Å². The van der Waals surface area contributed by atoms with E-state index in [1.54, 1.807) is 24.0 Å². The van der Waals surface area contributed by atoms with Crippen LogP contribution in [0.15, 0.2) is 18.2 Å². The fourth-order valence-electron chi connectivity index (χ4n) is 2.03. The summed E-state index contributed by atoms with van der Waals surface area (Å²) < 4.78 is 13.4. The second kappa shape index (κ2) is 4.84. The van der Waals surface area contributed by atoms with E-state index in [1.165, 1.54) is 6.07 Å². The summed E-state index contributed by atoms with van der Waals surface area (Å²) >= 11 is 0. The molecule has 1 amide bonds. The number of hydrogen-bond donors (Lipinski definition) is 1. The maximum absolute atomic E-state index is 13.4. The number of benzene rings is 1. The first-order valence-corrected chi connectivity index (χ1v) is 5.87. The zero-order valence-corrected chi connectivity index (χ0v) is 10.2. The molecule has 0 saturated carbocycles. The van der Waals surface area contributed by atoms with Crippen LogP contribution in [0.3, 0.4) is 0 Å². The van der Waals surface area contributed by atoms with Crippen LogP contribution in [0.25, 0.3) is 0 Å². The van der Waals surface area contributed by atoms with Gasteiger partial charge in [-0.15, -0.1) is 0 Å². The highest BCUT2D eigenvalue weighted by Crippen LogP contribution is 2.14. The Bertz CT molecular complexity index is 433. The molecular formula is C13H17FN2O. The molecule has 17 heavy (non-hydrogen) atoms. The van der Waals surface area contributed by atoms with Crippen molar-refractivity contribution in [1.82, 2.24) is 10.2 Å². The van der Waals surface area contributed by atoms with Gasteiger partial charge in [-0.3, -0.25) is 4.79 Å². The normalized spacial score (nSPS) is 20.4. The molecule has 0 bridgehead atoms. The Morgan fingerprint density at radius 1 is 1.53 bits per heavy atom. The maximum atomic E-state index is 13.4. The fourth-order valence-corrected chi connectivity index (χ4v) is 2.03. The minimum atomic E-state index is -0.321. The molecule has 1 fully saturated rings. The molecule has 1 aromatic rings. The lowest BCUT2D eigenvalue weighted by Crippen LogP contribution is -2.52. The van der Waals surface area contributed by atoms with Gasteiger partial charge in [0.25, 0.3) is 5.91 Å². The number of piperazine rings is 1. The van der Waals surface area contributed by atoms with E-state index in [9.17, 15) is 9.18 Å². The van der Waals surface area contributed by atoms with Gasteiger partial charge in [0.2, 0.25) is 0 Å². The van der Waals surface area contributed by atoms with Crippen LogP contribution < -0.4 is 5.32 Å². The van der Waals surface area contributed by atoms with Gasteiger partial charge in [-0.05, 0) is 31.5 Å². The predicted molar refractivity (Wildman–Crippen MR) is 64.5 cm³/mol. The molecule has 1 aliphatic heterocycles. The number of nitrogens with one attached hydrogen (secondary N) is 1. The summed E-state index contributed by atoms with van der Waals surface area (Å²) in [4.78, 5) is 14.0. The smallest absolute Gasteiger partial charge is 0.254 e. The number of hydrogen-bond acceptors (Lipinski definition) is 2. The number of amides is 1. The second-order valence-corrected chi connectivity index (χ2v) is 4.52. The Balaban J connectivity index is 2.21. The van der Waals surface area contributed by atoms with E-state index in [1.807, 2.05) is 6.92 Å². The van der Waals surface area contributed by atoms with Gasteiger partial charge in [-0.25, -0.2) is 4.39 Å². The highest BCUT2D eigenvalue weighted by molar-refractivity contribution is 5.94. The zero-order valence-electron chi connectivity index (χ0n) is 10.2. The van der Waals surface area contributed by atoms with Crippen LogP contribution in [0.2, 0.25) is 0 Å². The quantitative estimate of drug-likeness (QED) is 0.802. The van der Waals surface area contributed by atoms with Gasteiger partial charge < -0.3 is 10.2 Å². The van der Waals surface area contributed by atoms with E-state index in [-0.39, 0.29) is 17.8 Å². The van der Waals surface area contributed by atoms with E-state index in [4.69, 9.17) is 0 Å². The minimum Gasteiger partial charge on any atom is -0.333 e. The highest BCUT2D eigenvalue weighted by Gasteiger charge is 2.24. The van der Waals surface area contributed by atoms with E-state index in [2.05, 4.69) is 5.32 Å². The molecule has 1 heterocycles. The molecule has 92 valence electrons. The number of rotatable bonds is 1. The standard InChI is InChI=1S/C13H17FN2O/c1-9-3-4-11(7-12(9)14)13(17)16-6-5-15-8-10(16)2/h3-4,7,10,15H,5-6,8H2,1-2H3. The van der Waals surface area contributed by atoms with Crippen molar-refractivity contribution in [2.45, 2.75) is 19.9 Å². The average Bonchev–Trinajstić information content (AvgIpc) is 2.32. The summed E-state index contributed by atoms with van der Waals surface area (Å²) in [5.74, 6) is -0.406. The third-order valence-electron chi connectivity index (χ3n) is 3.18. The van der Waals surface area contributed by atoms with Crippen molar-refractivity contribution in [3.63, 3.8) is 0 Å². The van der Waals surface area contributed by atoms with Crippen LogP contribution in [0.1, 0.15) is 22.8 Å². The van der Waals surface area contributed by atoms with Crippen LogP contribution in [0, 0.1) is 12.7 Å². The lowest BCUT2D eigenvalue weighted by molar-refractivity contribution is 0.0655. The predicted octanol–water partition coefficient (Wildman–Crippen LogP) is 1.57. The van der Waals surface area contributed by atoms with Crippen LogP contribution >= 0.6 is 0 Å². The molecule has 2 rings (SSSR count). The first-order valence-electron chi connectivity index (χ1n) is 5.87. The Labute approximate surface area is 101 Å². The minimum absolute atomic E-state index is 0.0853. The molecule has 1 atom stereocenters. The van der Waals surface area contributed by atoms with Gasteiger partial charge in [-0.1, -0.05) is 6.07 Å². The first-order chi connectivity index (χ1) is 8.09. The largest absolute Gasteiger partial charge is 0.333 e. The van der Waals surface area contributed by atoms with E-state index in [0.29, 0.717) is 17.7 Å². The highest BCUT2D eigenvalue weighted by atomic mass is 19.1. The third-order valence-corrected chi connectivity index (χ3v) is 3.18. The number of nitrogens with zero attached hydrogens (tertiary/aromatic N) is 1. The zero-order chi connectivity index (χ0) is 12.4. The van der Waals surface area contributed by atoms with Gasteiger partial charge in [0.1, 0.15) is 5.82 Å². The summed E-state index contributed by atoms with van der Waals surface area (Å²) in [7, 11) is 0. The van der Waals surface area contributed by atoms with Gasteiger partial charge in [0.05, 0.1) is 0 Å². The van der Waals surface area contributed by atoms with E-state index in [0.717, 1.165) is 13.1 Å². The molecular weight excluding hydrogens is 219 g/mol. The second-order valence-electron chi connectivity index (χ2n) is 4.52. The van der Waals surface area contributed by atoms with Gasteiger partial charge in [0.15, 0.2) is 0 Å². The summed E-state index contributed by atoms with van der Waals surface area (Å²) in [5, 5.41) is 3.22. The van der Waals surface area contributed by atoms with Crippen molar-refractivity contribution < 1.29 is 9.18 Å². The van der Waals surface area contributed by atoms with Crippen molar-refractivity contribution >= 4 is 5.91 Å². The summed E-state index contributed by atoms with van der Waals surface area (Å²) in [6.45, 7) is 5.95. The molecule has 0 aromatic heterocycles. The lowest BCUT2D eigenvalue weighted by atomic mass is 10.1. The first kappa shape index (κ1) is 12.0. The Hall–Kier alpha value is -1.42. The van der Waals surface area contributed by atoms with Crippen LogP contribution in [-0.2, 0) is 0 Å². The summed E-state index contributed by atoms with van der Waals surface area (Å²) in [6.07, 6.45) is 0. The fraction of sp³-hybridized carbons (Fsp3) is 0.462. The van der Waals surface area contributed by atoms with Crippen molar-refractivity contribution in [1.29, 1.82) is 0 Å². The molecule has 0 spiro atoms.